The summed E-state index contributed by atoms with van der Waals surface area (Å²) in [5.41, 5.74) is 7.51. The summed E-state index contributed by atoms with van der Waals surface area (Å²) < 4.78 is 4.83. The summed E-state index contributed by atoms with van der Waals surface area (Å²) in [5.74, 6) is -0.213. The van der Waals surface area contributed by atoms with Crippen LogP contribution in [0.1, 0.15) is 17.5 Å². The van der Waals surface area contributed by atoms with Gasteiger partial charge in [0.15, 0.2) is 0 Å². The summed E-state index contributed by atoms with van der Waals surface area (Å²) in [4.78, 5) is 23.2. The minimum absolute atomic E-state index is 0.102. The largest absolute Gasteiger partial charge is 0.383 e. The Labute approximate surface area is 125 Å². The quantitative estimate of drug-likeness (QED) is 0.557. The van der Waals surface area contributed by atoms with Crippen molar-refractivity contribution in [3.8, 4) is 0 Å². The zero-order chi connectivity index (χ0) is 15.5. The molecule has 0 radical (unpaired) electrons. The molecular weight excluding hydrogens is 270 g/mol. The van der Waals surface area contributed by atoms with E-state index in [0.29, 0.717) is 26.2 Å². The van der Waals surface area contributed by atoms with Crippen molar-refractivity contribution < 1.29 is 14.3 Å². The number of nitrogens with one attached hydrogen (secondary N) is 2. The Bertz CT molecular complexity index is 463. The van der Waals surface area contributed by atoms with Gasteiger partial charge in [-0.1, -0.05) is 24.3 Å². The van der Waals surface area contributed by atoms with Gasteiger partial charge in [-0.2, -0.15) is 0 Å². The Morgan fingerprint density at radius 3 is 2.43 bits per heavy atom. The fourth-order valence-corrected chi connectivity index (χ4v) is 1.86. The van der Waals surface area contributed by atoms with Gasteiger partial charge in [-0.15, -0.1) is 0 Å². The predicted molar refractivity (Wildman–Crippen MR) is 80.5 cm³/mol. The molecule has 0 aliphatic carbocycles. The minimum Gasteiger partial charge on any atom is -0.383 e. The zero-order valence-corrected chi connectivity index (χ0v) is 12.4. The van der Waals surface area contributed by atoms with Crippen LogP contribution >= 0.6 is 0 Å². The number of rotatable bonds is 9. The second kappa shape index (κ2) is 9.90. The van der Waals surface area contributed by atoms with Gasteiger partial charge < -0.3 is 21.1 Å². The van der Waals surface area contributed by atoms with Crippen LogP contribution in [-0.2, 0) is 27.3 Å². The molecule has 0 bridgehead atoms. The first kappa shape index (κ1) is 17.1. The number of ether oxygens (including phenoxy) is 1. The lowest BCUT2D eigenvalue weighted by molar-refractivity contribution is -0.122. The van der Waals surface area contributed by atoms with E-state index in [1.54, 1.807) is 7.11 Å². The molecule has 1 aromatic rings. The minimum atomic E-state index is -0.111. The molecule has 0 aliphatic heterocycles. The van der Waals surface area contributed by atoms with E-state index in [0.717, 1.165) is 11.1 Å². The third-order valence-corrected chi connectivity index (χ3v) is 2.99. The van der Waals surface area contributed by atoms with Crippen molar-refractivity contribution in [3.63, 3.8) is 0 Å². The van der Waals surface area contributed by atoms with E-state index in [1.165, 1.54) is 0 Å². The lowest BCUT2D eigenvalue weighted by atomic mass is 10.0. The van der Waals surface area contributed by atoms with E-state index in [9.17, 15) is 9.59 Å². The van der Waals surface area contributed by atoms with Crippen LogP contribution < -0.4 is 16.4 Å². The topological polar surface area (TPSA) is 93.5 Å². The Morgan fingerprint density at radius 2 is 1.76 bits per heavy atom. The molecule has 0 aliphatic rings. The second-order valence-electron chi connectivity index (χ2n) is 4.59. The van der Waals surface area contributed by atoms with Crippen LogP contribution in [0.5, 0.6) is 0 Å². The number of methoxy groups -OCH3 is 1. The number of hydrogen-bond acceptors (Lipinski definition) is 4. The molecule has 2 amide bonds. The summed E-state index contributed by atoms with van der Waals surface area (Å²) in [7, 11) is 1.57. The summed E-state index contributed by atoms with van der Waals surface area (Å²) >= 11 is 0. The van der Waals surface area contributed by atoms with Gasteiger partial charge in [0.2, 0.25) is 11.8 Å². The molecule has 6 nitrogen and oxygen atoms in total. The second-order valence-corrected chi connectivity index (χ2v) is 4.59. The predicted octanol–water partition coefficient (Wildman–Crippen LogP) is -0.0433. The molecule has 6 heteroatoms. The highest BCUT2D eigenvalue weighted by atomic mass is 16.5. The highest BCUT2D eigenvalue weighted by Gasteiger charge is 2.07. The first-order valence-electron chi connectivity index (χ1n) is 6.96. The molecule has 4 N–H and O–H groups in total. The van der Waals surface area contributed by atoms with Crippen LogP contribution in [-0.4, -0.2) is 38.6 Å². The maximum Gasteiger partial charge on any atom is 0.224 e. The summed E-state index contributed by atoms with van der Waals surface area (Å²) in [6, 6.07) is 7.57. The van der Waals surface area contributed by atoms with Gasteiger partial charge in [0.05, 0.1) is 13.0 Å². The van der Waals surface area contributed by atoms with Gasteiger partial charge in [0, 0.05) is 33.2 Å². The third kappa shape index (κ3) is 6.87. The molecule has 0 heterocycles. The summed E-state index contributed by atoms with van der Waals surface area (Å²) in [6.45, 7) is 1.69. The van der Waals surface area contributed by atoms with Crippen molar-refractivity contribution in [3.05, 3.63) is 35.4 Å². The fourth-order valence-electron chi connectivity index (χ4n) is 1.86. The molecule has 0 atom stereocenters. The molecule has 0 saturated carbocycles. The first-order chi connectivity index (χ1) is 10.2. The first-order valence-corrected chi connectivity index (χ1v) is 6.96. The van der Waals surface area contributed by atoms with E-state index in [4.69, 9.17) is 10.5 Å². The normalized spacial score (nSPS) is 10.2. The Hall–Kier alpha value is -1.92. The molecule has 1 rings (SSSR count). The van der Waals surface area contributed by atoms with Crippen molar-refractivity contribution in [2.45, 2.75) is 19.4 Å². The SMILES string of the molecule is COCCNC(=O)CCNC(=O)Cc1ccccc1CN. The average molecular weight is 293 g/mol. The van der Waals surface area contributed by atoms with Gasteiger partial charge in [0.1, 0.15) is 0 Å². The third-order valence-electron chi connectivity index (χ3n) is 2.99. The molecule has 0 spiro atoms. The Morgan fingerprint density at radius 1 is 1.10 bits per heavy atom. The van der Waals surface area contributed by atoms with Crippen LogP contribution in [0.3, 0.4) is 0 Å². The van der Waals surface area contributed by atoms with Gasteiger partial charge in [-0.3, -0.25) is 9.59 Å². The average Bonchev–Trinajstić information content (AvgIpc) is 2.48. The van der Waals surface area contributed by atoms with Crippen molar-refractivity contribution >= 4 is 11.8 Å². The summed E-state index contributed by atoms with van der Waals surface area (Å²) in [6.07, 6.45) is 0.534. The summed E-state index contributed by atoms with van der Waals surface area (Å²) in [5, 5.41) is 5.43. The van der Waals surface area contributed by atoms with E-state index >= 15 is 0 Å². The number of carbonyl (C=O) groups is 2. The molecule has 0 fully saturated rings. The van der Waals surface area contributed by atoms with Crippen LogP contribution in [0.15, 0.2) is 24.3 Å². The lowest BCUT2D eigenvalue weighted by Gasteiger charge is -2.09. The van der Waals surface area contributed by atoms with Crippen molar-refractivity contribution in [2.24, 2.45) is 5.73 Å². The smallest absolute Gasteiger partial charge is 0.224 e. The number of nitrogens with two attached hydrogens (primary N) is 1. The van der Waals surface area contributed by atoms with Gasteiger partial charge in [-0.05, 0) is 11.1 Å². The maximum atomic E-state index is 11.8. The van der Waals surface area contributed by atoms with E-state index in [-0.39, 0.29) is 24.7 Å². The van der Waals surface area contributed by atoms with Crippen LogP contribution in [0.2, 0.25) is 0 Å². The van der Waals surface area contributed by atoms with Gasteiger partial charge in [-0.25, -0.2) is 0 Å². The van der Waals surface area contributed by atoms with E-state index in [1.807, 2.05) is 24.3 Å². The van der Waals surface area contributed by atoms with Crippen molar-refractivity contribution in [1.82, 2.24) is 10.6 Å². The van der Waals surface area contributed by atoms with E-state index < -0.39 is 0 Å². The monoisotopic (exact) mass is 293 g/mol. The molecule has 0 saturated heterocycles. The molecule has 1 aromatic carbocycles. The molecule has 0 aromatic heterocycles. The number of hydrogen-bond donors (Lipinski definition) is 3. The highest BCUT2D eigenvalue weighted by Crippen LogP contribution is 2.08. The van der Waals surface area contributed by atoms with Crippen LogP contribution in [0.4, 0.5) is 0 Å². The van der Waals surface area contributed by atoms with Gasteiger partial charge in [0.25, 0.3) is 0 Å². The number of amides is 2. The lowest BCUT2D eigenvalue weighted by Crippen LogP contribution is -2.32. The molecule has 0 unspecified atom stereocenters. The van der Waals surface area contributed by atoms with Crippen molar-refractivity contribution in [2.75, 3.05) is 26.8 Å². The fraction of sp³-hybridized carbons (Fsp3) is 0.467. The Kier molecular flexibility index (Phi) is 8.08. The highest BCUT2D eigenvalue weighted by molar-refractivity contribution is 5.80. The molecule has 21 heavy (non-hydrogen) atoms. The number of carbonyl (C=O) groups excluding carboxylic acids is 2. The zero-order valence-electron chi connectivity index (χ0n) is 12.4. The van der Waals surface area contributed by atoms with Gasteiger partial charge >= 0.3 is 0 Å². The van der Waals surface area contributed by atoms with Crippen LogP contribution in [0, 0.1) is 0 Å². The Balaban J connectivity index is 2.26. The van der Waals surface area contributed by atoms with E-state index in [2.05, 4.69) is 10.6 Å². The maximum absolute atomic E-state index is 11.8. The standard InChI is InChI=1S/C15H23N3O3/c1-21-9-8-18-14(19)6-7-17-15(20)10-12-4-2-3-5-13(12)11-16/h2-5H,6-11,16H2,1H3,(H,17,20)(H,18,19). The molecule has 116 valence electrons. The number of benzene rings is 1. The van der Waals surface area contributed by atoms with Crippen molar-refractivity contribution in [1.29, 1.82) is 0 Å². The van der Waals surface area contributed by atoms with Crippen LogP contribution in [0.25, 0.3) is 0 Å². The molecular formula is C15H23N3O3.